The fourth-order valence-electron chi connectivity index (χ4n) is 2.58. The van der Waals surface area contributed by atoms with E-state index in [1.165, 1.54) is 42.5 Å². The van der Waals surface area contributed by atoms with E-state index in [0.717, 1.165) is 6.07 Å². The summed E-state index contributed by atoms with van der Waals surface area (Å²) in [5.41, 5.74) is 8.71. The van der Waals surface area contributed by atoms with E-state index in [9.17, 15) is 28.1 Å². The van der Waals surface area contributed by atoms with Crippen molar-refractivity contribution in [3.63, 3.8) is 0 Å². The molecule has 0 saturated carbocycles. The highest BCUT2D eigenvalue weighted by Gasteiger charge is 2.18. The second-order valence-corrected chi connectivity index (χ2v) is 8.22. The fourth-order valence-corrected chi connectivity index (χ4v) is 3.63. The number of hydrogen-bond acceptors (Lipinski definition) is 7. The van der Waals surface area contributed by atoms with Crippen LogP contribution in [0.25, 0.3) is 10.4 Å². The third kappa shape index (κ3) is 7.05. The van der Waals surface area contributed by atoms with Gasteiger partial charge in [-0.3, -0.25) is 19.7 Å². The molecule has 0 aliphatic carbocycles. The number of nitrogens with zero attached hydrogens (tertiary/aromatic N) is 4. The minimum atomic E-state index is -4.01. The van der Waals surface area contributed by atoms with Gasteiger partial charge in [-0.2, -0.15) is 0 Å². The summed E-state index contributed by atoms with van der Waals surface area (Å²) in [5.74, 6) is -1.76. The number of rotatable bonds is 11. The number of nitro groups is 1. The lowest BCUT2D eigenvalue weighted by Crippen LogP contribution is -2.38. The number of carbonyl (C=O) groups excluding carboxylic acids is 1. The molecule has 168 valence electrons. The summed E-state index contributed by atoms with van der Waals surface area (Å²) in [5, 5.41) is 25.4. The van der Waals surface area contributed by atoms with E-state index in [-0.39, 0.29) is 29.2 Å². The van der Waals surface area contributed by atoms with E-state index >= 15 is 0 Å². The summed E-state index contributed by atoms with van der Waals surface area (Å²) < 4.78 is 27.1. The third-order valence-corrected chi connectivity index (χ3v) is 5.54. The summed E-state index contributed by atoms with van der Waals surface area (Å²) in [4.78, 5) is 35.6. The van der Waals surface area contributed by atoms with Crippen LogP contribution >= 0.6 is 0 Å². The average Bonchev–Trinajstić information content (AvgIpc) is 2.76. The highest BCUT2D eigenvalue weighted by molar-refractivity contribution is 7.89. The normalized spacial score (nSPS) is 11.8. The molecule has 32 heavy (non-hydrogen) atoms. The van der Waals surface area contributed by atoms with Crippen LogP contribution in [0.1, 0.15) is 22.3 Å². The van der Waals surface area contributed by atoms with Crippen molar-refractivity contribution in [3.8, 4) is 0 Å². The van der Waals surface area contributed by atoms with Gasteiger partial charge in [-0.15, -0.1) is 0 Å². The van der Waals surface area contributed by atoms with Crippen LogP contribution in [-0.4, -0.2) is 42.9 Å². The number of carbonyl (C=O) groups is 2. The zero-order valence-electron chi connectivity index (χ0n) is 16.4. The van der Waals surface area contributed by atoms with Gasteiger partial charge in [0.2, 0.25) is 10.0 Å². The molecule has 1 amide bonds. The van der Waals surface area contributed by atoms with Gasteiger partial charge < -0.3 is 10.4 Å². The molecule has 1 atom stereocenters. The van der Waals surface area contributed by atoms with Crippen LogP contribution in [0.2, 0.25) is 0 Å². The summed E-state index contributed by atoms with van der Waals surface area (Å²) >= 11 is 0. The fraction of sp³-hybridized carbons (Fsp3) is 0.222. The van der Waals surface area contributed by atoms with Crippen molar-refractivity contribution < 1.29 is 28.0 Å². The predicted octanol–water partition coefficient (Wildman–Crippen LogP) is 1.96. The lowest BCUT2D eigenvalue weighted by Gasteiger charge is -2.14. The molecule has 0 aliphatic heterocycles. The van der Waals surface area contributed by atoms with Crippen molar-refractivity contribution in [2.24, 2.45) is 5.11 Å². The Balaban J connectivity index is 2.03. The molecule has 14 heteroatoms. The van der Waals surface area contributed by atoms with Gasteiger partial charge in [-0.1, -0.05) is 23.3 Å². The SMILES string of the molecule is [N-]=[N+]=NC[C@H](CC(=O)O)NC(=O)c1ccc(CNS(=O)(=O)c2cccc([N+](=O)[O-])c2)cc1. The molecule has 0 aliphatic rings. The number of hydrogen-bond donors (Lipinski definition) is 3. The zero-order chi connectivity index (χ0) is 23.7. The van der Waals surface area contributed by atoms with Crippen molar-refractivity contribution in [2.75, 3.05) is 6.54 Å². The predicted molar refractivity (Wildman–Crippen MR) is 111 cm³/mol. The van der Waals surface area contributed by atoms with Gasteiger partial charge >= 0.3 is 5.97 Å². The van der Waals surface area contributed by atoms with Crippen LogP contribution < -0.4 is 10.0 Å². The zero-order valence-corrected chi connectivity index (χ0v) is 17.2. The summed E-state index contributed by atoms with van der Waals surface area (Å²) in [6.07, 6.45) is -0.428. The minimum absolute atomic E-state index is 0.133. The Bertz CT molecular complexity index is 1160. The van der Waals surface area contributed by atoms with Crippen molar-refractivity contribution in [1.29, 1.82) is 0 Å². The van der Waals surface area contributed by atoms with Gasteiger partial charge in [0, 0.05) is 41.7 Å². The summed E-state index contributed by atoms with van der Waals surface area (Å²) in [6, 6.07) is 9.53. The number of non-ortho nitro benzene ring substituents is 1. The lowest BCUT2D eigenvalue weighted by atomic mass is 10.1. The largest absolute Gasteiger partial charge is 0.481 e. The van der Waals surface area contributed by atoms with E-state index in [4.69, 9.17) is 10.6 Å². The maximum Gasteiger partial charge on any atom is 0.305 e. The Labute approximate surface area is 181 Å². The first-order valence-electron chi connectivity index (χ1n) is 8.99. The smallest absolute Gasteiger partial charge is 0.305 e. The Kier molecular flexibility index (Phi) is 8.24. The minimum Gasteiger partial charge on any atom is -0.481 e. The molecule has 0 bridgehead atoms. The molecule has 0 heterocycles. The number of aliphatic carboxylic acids is 1. The molecular weight excluding hydrogens is 444 g/mol. The van der Waals surface area contributed by atoms with E-state index < -0.39 is 39.3 Å². The molecule has 0 radical (unpaired) electrons. The second kappa shape index (κ2) is 10.9. The first-order chi connectivity index (χ1) is 15.1. The third-order valence-electron chi connectivity index (χ3n) is 4.14. The van der Waals surface area contributed by atoms with Gasteiger partial charge in [-0.05, 0) is 29.3 Å². The first kappa shape index (κ1) is 24.3. The summed E-state index contributed by atoms with van der Waals surface area (Å²) in [7, 11) is -4.01. The lowest BCUT2D eigenvalue weighted by molar-refractivity contribution is -0.385. The molecule has 0 saturated heterocycles. The Morgan fingerprint density at radius 1 is 1.22 bits per heavy atom. The molecule has 2 aromatic rings. The van der Waals surface area contributed by atoms with Gasteiger partial charge in [0.15, 0.2) is 0 Å². The second-order valence-electron chi connectivity index (χ2n) is 6.46. The average molecular weight is 462 g/mol. The molecule has 0 aromatic heterocycles. The van der Waals surface area contributed by atoms with Gasteiger partial charge in [0.05, 0.1) is 16.2 Å². The molecule has 0 spiro atoms. The highest BCUT2D eigenvalue weighted by Crippen LogP contribution is 2.17. The van der Waals surface area contributed by atoms with Crippen molar-refractivity contribution in [3.05, 3.63) is 80.2 Å². The monoisotopic (exact) mass is 462 g/mol. The molecule has 0 unspecified atom stereocenters. The van der Waals surface area contributed by atoms with E-state index in [1.807, 2.05) is 0 Å². The molecule has 13 nitrogen and oxygen atoms in total. The number of nitro benzene ring substituents is 1. The molecule has 3 N–H and O–H groups in total. The number of benzene rings is 2. The van der Waals surface area contributed by atoms with Crippen LogP contribution in [0.5, 0.6) is 0 Å². The van der Waals surface area contributed by atoms with Crippen LogP contribution in [0, 0.1) is 10.1 Å². The van der Waals surface area contributed by atoms with Crippen molar-refractivity contribution >= 4 is 27.6 Å². The summed E-state index contributed by atoms with van der Waals surface area (Å²) in [6.45, 7) is -0.364. The van der Waals surface area contributed by atoms with Crippen LogP contribution in [0.4, 0.5) is 5.69 Å². The van der Waals surface area contributed by atoms with Crippen molar-refractivity contribution in [2.45, 2.75) is 23.9 Å². The number of nitrogens with one attached hydrogen (secondary N) is 2. The molecule has 0 fully saturated rings. The number of carboxylic acids is 1. The number of carboxylic acid groups (broad SMARTS) is 1. The highest BCUT2D eigenvalue weighted by atomic mass is 32.2. The van der Waals surface area contributed by atoms with Crippen molar-refractivity contribution in [1.82, 2.24) is 10.0 Å². The van der Waals surface area contributed by atoms with Gasteiger partial charge in [0.25, 0.3) is 11.6 Å². The number of sulfonamides is 1. The van der Waals surface area contributed by atoms with Crippen LogP contribution in [0.15, 0.2) is 58.5 Å². The maximum atomic E-state index is 12.4. The number of amides is 1. The molecule has 2 aromatic carbocycles. The van der Waals surface area contributed by atoms with E-state index in [0.29, 0.717) is 5.56 Å². The molecular formula is C18H18N6O7S. The Hall–Kier alpha value is -4.00. The Morgan fingerprint density at radius 2 is 1.91 bits per heavy atom. The quantitative estimate of drug-likeness (QED) is 0.149. The standard InChI is InChI=1S/C18H18N6O7S/c19-23-20-11-14(8-17(25)26)22-18(27)13-6-4-12(5-7-13)10-21-32(30,31)16-3-1-2-15(9-16)24(28)29/h1-7,9,14,21H,8,10-11H2,(H,22,27)(H,25,26)/t14-/m0/s1. The first-order valence-corrected chi connectivity index (χ1v) is 10.5. The van der Waals surface area contributed by atoms with Gasteiger partial charge in [-0.25, -0.2) is 13.1 Å². The number of azide groups is 1. The van der Waals surface area contributed by atoms with Crippen LogP contribution in [-0.2, 0) is 21.4 Å². The Morgan fingerprint density at radius 3 is 2.50 bits per heavy atom. The maximum absolute atomic E-state index is 12.4. The van der Waals surface area contributed by atoms with Crippen LogP contribution in [0.3, 0.4) is 0 Å². The molecule has 2 rings (SSSR count). The topological polar surface area (TPSA) is 204 Å². The van der Waals surface area contributed by atoms with E-state index in [1.54, 1.807) is 0 Å². The van der Waals surface area contributed by atoms with Gasteiger partial charge in [0.1, 0.15) is 0 Å². The van der Waals surface area contributed by atoms with E-state index in [2.05, 4.69) is 20.1 Å².